The molecule has 2 N–H and O–H groups in total. The van der Waals surface area contributed by atoms with Crippen molar-refractivity contribution in [1.82, 2.24) is 10.3 Å². The number of nitrogens with zero attached hydrogens (tertiary/aromatic N) is 1. The van der Waals surface area contributed by atoms with E-state index in [-0.39, 0.29) is 5.91 Å². The number of carbonyl (C=O) groups excluding carboxylic acids is 1. The van der Waals surface area contributed by atoms with Gasteiger partial charge in [0.15, 0.2) is 11.5 Å². The molecule has 0 aliphatic carbocycles. The van der Waals surface area contributed by atoms with Crippen LogP contribution in [0.15, 0.2) is 36.7 Å². The van der Waals surface area contributed by atoms with Gasteiger partial charge < -0.3 is 20.1 Å². The van der Waals surface area contributed by atoms with Crippen LogP contribution in [0.5, 0.6) is 11.5 Å². The van der Waals surface area contributed by atoms with Crippen molar-refractivity contribution >= 4 is 11.6 Å². The van der Waals surface area contributed by atoms with Crippen molar-refractivity contribution < 1.29 is 14.3 Å². The molecular weight excluding hydrogens is 330 g/mol. The van der Waals surface area contributed by atoms with Crippen molar-refractivity contribution in [3.05, 3.63) is 47.8 Å². The van der Waals surface area contributed by atoms with Crippen molar-refractivity contribution in [3.63, 3.8) is 0 Å². The Balaban J connectivity index is 1.95. The molecule has 0 spiro atoms. The van der Waals surface area contributed by atoms with Gasteiger partial charge in [-0.25, -0.2) is 0 Å². The normalized spacial score (nSPS) is 10.5. The third-order valence-corrected chi connectivity index (χ3v) is 3.95. The third kappa shape index (κ3) is 5.65. The Morgan fingerprint density at radius 2 is 1.88 bits per heavy atom. The van der Waals surface area contributed by atoms with Gasteiger partial charge in [-0.05, 0) is 36.1 Å². The Hall–Kier alpha value is -2.76. The maximum absolute atomic E-state index is 12.4. The van der Waals surface area contributed by atoms with E-state index < -0.39 is 0 Å². The molecular formula is C20H27N3O3. The van der Waals surface area contributed by atoms with Crippen molar-refractivity contribution in [3.8, 4) is 11.5 Å². The highest BCUT2D eigenvalue weighted by atomic mass is 16.5. The lowest BCUT2D eigenvalue weighted by atomic mass is 10.1. The molecule has 0 unspecified atom stereocenters. The number of carbonyl (C=O) groups is 1. The fourth-order valence-corrected chi connectivity index (χ4v) is 2.44. The topological polar surface area (TPSA) is 72.5 Å². The van der Waals surface area contributed by atoms with Gasteiger partial charge >= 0.3 is 0 Å². The number of hydrogen-bond donors (Lipinski definition) is 2. The summed E-state index contributed by atoms with van der Waals surface area (Å²) in [5.74, 6) is 1.76. The van der Waals surface area contributed by atoms with Crippen LogP contribution < -0.4 is 20.1 Å². The zero-order valence-electron chi connectivity index (χ0n) is 15.8. The summed E-state index contributed by atoms with van der Waals surface area (Å²) in [7, 11) is 3.18. The van der Waals surface area contributed by atoms with E-state index in [0.717, 1.165) is 24.2 Å². The van der Waals surface area contributed by atoms with Crippen LogP contribution in [0.25, 0.3) is 0 Å². The second-order valence-electron chi connectivity index (χ2n) is 6.44. The van der Waals surface area contributed by atoms with Gasteiger partial charge in [0.05, 0.1) is 25.5 Å². The van der Waals surface area contributed by atoms with Gasteiger partial charge in [-0.2, -0.15) is 0 Å². The summed E-state index contributed by atoms with van der Waals surface area (Å²) in [5.41, 5.74) is 2.31. The number of benzene rings is 1. The van der Waals surface area contributed by atoms with Gasteiger partial charge in [0.1, 0.15) is 0 Å². The van der Waals surface area contributed by atoms with Crippen LogP contribution in [0.4, 0.5) is 5.69 Å². The van der Waals surface area contributed by atoms with Gasteiger partial charge in [0.25, 0.3) is 5.91 Å². The minimum atomic E-state index is -0.167. The molecule has 26 heavy (non-hydrogen) atoms. The van der Waals surface area contributed by atoms with Gasteiger partial charge in [-0.3, -0.25) is 9.78 Å². The number of nitrogens with one attached hydrogen (secondary N) is 2. The SMILES string of the molecule is COc1ccc(CNC(=O)c2cncc(NCCC(C)C)c2)cc1OC. The predicted molar refractivity (Wildman–Crippen MR) is 103 cm³/mol. The van der Waals surface area contributed by atoms with Gasteiger partial charge in [-0.1, -0.05) is 19.9 Å². The number of aromatic nitrogens is 1. The summed E-state index contributed by atoms with van der Waals surface area (Å²) in [6, 6.07) is 7.38. The van der Waals surface area contributed by atoms with Crippen LogP contribution in [0.1, 0.15) is 36.2 Å². The minimum absolute atomic E-state index is 0.167. The lowest BCUT2D eigenvalue weighted by molar-refractivity contribution is 0.0950. The first-order chi connectivity index (χ1) is 12.5. The van der Waals surface area contributed by atoms with E-state index in [4.69, 9.17) is 9.47 Å². The van der Waals surface area contributed by atoms with Crippen LogP contribution in [0.3, 0.4) is 0 Å². The first-order valence-corrected chi connectivity index (χ1v) is 8.71. The maximum atomic E-state index is 12.4. The fraction of sp³-hybridized carbons (Fsp3) is 0.400. The second-order valence-corrected chi connectivity index (χ2v) is 6.44. The number of pyridine rings is 1. The first-order valence-electron chi connectivity index (χ1n) is 8.71. The molecule has 0 aliphatic rings. The Labute approximate surface area is 154 Å². The zero-order chi connectivity index (χ0) is 18.9. The summed E-state index contributed by atoms with van der Waals surface area (Å²) in [6.07, 6.45) is 4.36. The zero-order valence-corrected chi connectivity index (χ0v) is 15.8. The lowest BCUT2D eigenvalue weighted by Crippen LogP contribution is -2.23. The fourth-order valence-electron chi connectivity index (χ4n) is 2.44. The van der Waals surface area contributed by atoms with E-state index in [0.29, 0.717) is 29.5 Å². The van der Waals surface area contributed by atoms with Crippen LogP contribution >= 0.6 is 0 Å². The quantitative estimate of drug-likeness (QED) is 0.719. The molecule has 2 rings (SSSR count). The van der Waals surface area contributed by atoms with Gasteiger partial charge in [0, 0.05) is 25.5 Å². The lowest BCUT2D eigenvalue weighted by Gasteiger charge is -2.11. The Morgan fingerprint density at radius 1 is 1.12 bits per heavy atom. The van der Waals surface area contributed by atoms with Crippen molar-refractivity contribution in [2.24, 2.45) is 5.92 Å². The highest BCUT2D eigenvalue weighted by molar-refractivity contribution is 5.94. The van der Waals surface area contributed by atoms with E-state index >= 15 is 0 Å². The van der Waals surface area contributed by atoms with Gasteiger partial charge in [0.2, 0.25) is 0 Å². The predicted octanol–water partition coefficient (Wildman–Crippen LogP) is 3.49. The molecule has 1 amide bonds. The third-order valence-electron chi connectivity index (χ3n) is 3.95. The Kier molecular flexibility index (Phi) is 7.26. The molecule has 6 heteroatoms. The van der Waals surface area contributed by atoms with E-state index in [1.165, 1.54) is 0 Å². The Morgan fingerprint density at radius 3 is 2.58 bits per heavy atom. The molecule has 0 radical (unpaired) electrons. The summed E-state index contributed by atoms with van der Waals surface area (Å²) in [4.78, 5) is 16.5. The number of amides is 1. The number of ether oxygens (including phenoxy) is 2. The molecule has 0 atom stereocenters. The largest absolute Gasteiger partial charge is 0.493 e. The molecule has 0 saturated heterocycles. The summed E-state index contributed by atoms with van der Waals surface area (Å²) < 4.78 is 10.5. The van der Waals surface area contributed by atoms with Crippen LogP contribution in [0.2, 0.25) is 0 Å². The number of methoxy groups -OCH3 is 2. The van der Waals surface area contributed by atoms with Crippen LogP contribution in [0, 0.1) is 5.92 Å². The van der Waals surface area contributed by atoms with E-state index in [9.17, 15) is 4.79 Å². The number of hydrogen-bond acceptors (Lipinski definition) is 5. The summed E-state index contributed by atoms with van der Waals surface area (Å²) >= 11 is 0. The van der Waals surface area contributed by atoms with E-state index in [1.54, 1.807) is 26.6 Å². The van der Waals surface area contributed by atoms with Crippen molar-refractivity contribution in [2.45, 2.75) is 26.8 Å². The molecule has 0 saturated carbocycles. The molecule has 0 aliphatic heterocycles. The van der Waals surface area contributed by atoms with Gasteiger partial charge in [-0.15, -0.1) is 0 Å². The second kappa shape index (κ2) is 9.65. The first kappa shape index (κ1) is 19.6. The molecule has 140 valence electrons. The highest BCUT2D eigenvalue weighted by Gasteiger charge is 2.09. The highest BCUT2D eigenvalue weighted by Crippen LogP contribution is 2.27. The number of rotatable bonds is 9. The maximum Gasteiger partial charge on any atom is 0.253 e. The molecule has 0 fully saturated rings. The summed E-state index contributed by atoms with van der Waals surface area (Å²) in [6.45, 7) is 5.61. The molecule has 1 heterocycles. The molecule has 2 aromatic rings. The number of anilines is 1. The summed E-state index contributed by atoms with van der Waals surface area (Å²) in [5, 5.41) is 6.20. The van der Waals surface area contributed by atoms with Crippen LogP contribution in [-0.2, 0) is 6.54 Å². The molecule has 6 nitrogen and oxygen atoms in total. The van der Waals surface area contributed by atoms with Crippen molar-refractivity contribution in [1.29, 1.82) is 0 Å². The average Bonchev–Trinajstić information content (AvgIpc) is 2.65. The molecule has 1 aromatic carbocycles. The monoisotopic (exact) mass is 357 g/mol. The molecule has 0 bridgehead atoms. The molecule has 1 aromatic heterocycles. The van der Waals surface area contributed by atoms with Crippen LogP contribution in [-0.4, -0.2) is 31.7 Å². The van der Waals surface area contributed by atoms with E-state index in [2.05, 4.69) is 29.5 Å². The Bertz CT molecular complexity index is 732. The van der Waals surface area contributed by atoms with Crippen molar-refractivity contribution in [2.75, 3.05) is 26.1 Å². The minimum Gasteiger partial charge on any atom is -0.493 e. The standard InChI is InChI=1S/C20H27N3O3/c1-14(2)7-8-22-17-10-16(12-21-13-17)20(24)23-11-15-5-6-18(25-3)19(9-15)26-4/h5-6,9-10,12-14,22H,7-8,11H2,1-4H3,(H,23,24). The average molecular weight is 357 g/mol. The van der Waals surface area contributed by atoms with E-state index in [1.807, 2.05) is 24.3 Å². The smallest absolute Gasteiger partial charge is 0.253 e.